The average Bonchev–Trinajstić information content (AvgIpc) is 3.12. The van der Waals surface area contributed by atoms with Gasteiger partial charge in [0.05, 0.1) is 31.1 Å². The molecular formula is C22H27N5O2. The monoisotopic (exact) mass is 393 g/mol. The molecule has 0 spiro atoms. The van der Waals surface area contributed by atoms with E-state index in [0.717, 1.165) is 74.0 Å². The van der Waals surface area contributed by atoms with Gasteiger partial charge >= 0.3 is 0 Å². The number of pyridine rings is 1. The molecule has 5 rings (SSSR count). The van der Waals surface area contributed by atoms with Gasteiger partial charge in [-0.05, 0) is 43.5 Å². The van der Waals surface area contributed by atoms with Crippen LogP contribution >= 0.6 is 0 Å². The van der Waals surface area contributed by atoms with Crippen LogP contribution in [0, 0.1) is 5.92 Å². The summed E-state index contributed by atoms with van der Waals surface area (Å²) in [5.74, 6) is 0.964. The van der Waals surface area contributed by atoms with E-state index in [9.17, 15) is 4.79 Å². The second kappa shape index (κ2) is 7.65. The molecule has 0 unspecified atom stereocenters. The summed E-state index contributed by atoms with van der Waals surface area (Å²) in [5.41, 5.74) is 10.1. The Hall–Kier alpha value is -2.64. The van der Waals surface area contributed by atoms with Crippen molar-refractivity contribution >= 4 is 28.8 Å². The molecule has 1 aliphatic carbocycles. The molecule has 1 aromatic carbocycles. The smallest absolute Gasteiger partial charge is 0.230 e. The first-order valence-electron chi connectivity index (χ1n) is 10.4. The molecule has 7 nitrogen and oxygen atoms in total. The number of nitrogens with two attached hydrogens (primary N) is 1. The van der Waals surface area contributed by atoms with E-state index in [4.69, 9.17) is 10.5 Å². The summed E-state index contributed by atoms with van der Waals surface area (Å²) >= 11 is 0. The number of hydrogen-bond donors (Lipinski definition) is 2. The number of fused-ring (bicyclic) bond motifs is 2. The molecule has 7 heteroatoms. The Kier molecular flexibility index (Phi) is 4.85. The van der Waals surface area contributed by atoms with Crippen LogP contribution in [0.2, 0.25) is 0 Å². The molecular weight excluding hydrogens is 366 g/mol. The molecule has 1 saturated carbocycles. The zero-order chi connectivity index (χ0) is 19.8. The zero-order valence-corrected chi connectivity index (χ0v) is 16.5. The minimum Gasteiger partial charge on any atom is -0.378 e. The highest BCUT2D eigenvalue weighted by atomic mass is 16.5. The van der Waals surface area contributed by atoms with E-state index in [1.54, 1.807) is 6.20 Å². The molecule has 2 atom stereocenters. The van der Waals surface area contributed by atoms with Crippen molar-refractivity contribution in [2.75, 3.05) is 41.4 Å². The van der Waals surface area contributed by atoms with Gasteiger partial charge in [-0.1, -0.05) is 6.07 Å². The molecule has 3 heterocycles. The lowest BCUT2D eigenvalue weighted by molar-refractivity contribution is -0.122. The van der Waals surface area contributed by atoms with Gasteiger partial charge in [-0.3, -0.25) is 4.79 Å². The summed E-state index contributed by atoms with van der Waals surface area (Å²) in [7, 11) is 0. The number of nitrogens with one attached hydrogen (secondary N) is 1. The Bertz CT molecular complexity index is 912. The van der Waals surface area contributed by atoms with Crippen LogP contribution < -0.4 is 20.9 Å². The zero-order valence-electron chi connectivity index (χ0n) is 16.5. The molecule has 1 aromatic heterocycles. The van der Waals surface area contributed by atoms with Gasteiger partial charge in [-0.2, -0.15) is 0 Å². The van der Waals surface area contributed by atoms with E-state index in [2.05, 4.69) is 33.4 Å². The van der Waals surface area contributed by atoms with E-state index < -0.39 is 0 Å². The van der Waals surface area contributed by atoms with Crippen molar-refractivity contribution in [3.8, 4) is 0 Å². The van der Waals surface area contributed by atoms with Crippen LogP contribution in [-0.4, -0.2) is 43.2 Å². The van der Waals surface area contributed by atoms with Crippen LogP contribution in [0.25, 0.3) is 0 Å². The highest BCUT2D eigenvalue weighted by Crippen LogP contribution is 2.39. The lowest BCUT2D eigenvalue weighted by Crippen LogP contribution is -2.37. The SMILES string of the molecule is N[C@@H]1CC[C@H](C(=O)N2Cc3cccnc3Nc3ccc(N4CCOCC4)cc32)C1. The molecule has 2 aromatic rings. The van der Waals surface area contributed by atoms with Gasteiger partial charge in [0.2, 0.25) is 5.91 Å². The second-order valence-corrected chi connectivity index (χ2v) is 8.13. The minimum atomic E-state index is -0.0110. The van der Waals surface area contributed by atoms with Crippen molar-refractivity contribution in [2.45, 2.75) is 31.8 Å². The normalized spacial score (nSPS) is 23.8. The molecule has 1 saturated heterocycles. The number of carbonyl (C=O) groups is 1. The number of rotatable bonds is 2. The van der Waals surface area contributed by atoms with Gasteiger partial charge in [0.1, 0.15) is 5.82 Å². The standard InChI is InChI=1S/C22H27N5O2/c23-17-4-3-15(12-17)22(28)27-14-16-2-1-7-24-21(16)25-19-6-5-18(13-20(19)27)26-8-10-29-11-9-26/h1-2,5-7,13,15,17H,3-4,8-12,14,23H2,(H,24,25)/t15-,17+/m0/s1. The largest absolute Gasteiger partial charge is 0.378 e. The Morgan fingerprint density at radius 1 is 1.21 bits per heavy atom. The fourth-order valence-electron chi connectivity index (χ4n) is 4.59. The summed E-state index contributed by atoms with van der Waals surface area (Å²) in [6.45, 7) is 3.69. The molecule has 3 N–H and O–H groups in total. The fourth-order valence-corrected chi connectivity index (χ4v) is 4.59. The molecule has 1 amide bonds. The van der Waals surface area contributed by atoms with Crippen molar-refractivity contribution in [3.63, 3.8) is 0 Å². The van der Waals surface area contributed by atoms with Crippen LogP contribution in [0.5, 0.6) is 0 Å². The Balaban J connectivity index is 1.54. The van der Waals surface area contributed by atoms with Gasteiger partial charge in [0, 0.05) is 42.5 Å². The third-order valence-corrected chi connectivity index (χ3v) is 6.21. The van der Waals surface area contributed by atoms with Gasteiger partial charge < -0.3 is 25.6 Å². The number of aromatic nitrogens is 1. The Morgan fingerprint density at radius 2 is 2.07 bits per heavy atom. The van der Waals surface area contributed by atoms with Crippen molar-refractivity contribution in [1.29, 1.82) is 0 Å². The fraction of sp³-hybridized carbons (Fsp3) is 0.455. The summed E-state index contributed by atoms with van der Waals surface area (Å²) < 4.78 is 5.49. The van der Waals surface area contributed by atoms with Gasteiger partial charge in [-0.15, -0.1) is 0 Å². The van der Waals surface area contributed by atoms with Crippen LogP contribution in [0.3, 0.4) is 0 Å². The van der Waals surface area contributed by atoms with Crippen LogP contribution in [0.4, 0.5) is 22.9 Å². The number of amides is 1. The molecule has 2 aliphatic heterocycles. The van der Waals surface area contributed by atoms with Crippen molar-refractivity contribution in [1.82, 2.24) is 4.98 Å². The first-order chi connectivity index (χ1) is 14.2. The quantitative estimate of drug-likeness (QED) is 0.816. The first kappa shape index (κ1) is 18.4. The summed E-state index contributed by atoms with van der Waals surface area (Å²) in [4.78, 5) is 22.3. The minimum absolute atomic E-state index is 0.0110. The second-order valence-electron chi connectivity index (χ2n) is 8.13. The Labute approximate surface area is 170 Å². The highest BCUT2D eigenvalue weighted by molar-refractivity contribution is 6.00. The van der Waals surface area contributed by atoms with Crippen LogP contribution in [-0.2, 0) is 16.1 Å². The van der Waals surface area contributed by atoms with Crippen molar-refractivity contribution in [2.24, 2.45) is 11.7 Å². The summed E-state index contributed by atoms with van der Waals surface area (Å²) in [5, 5.41) is 3.44. The van der Waals surface area contributed by atoms with E-state index in [-0.39, 0.29) is 17.9 Å². The molecule has 3 aliphatic rings. The molecule has 29 heavy (non-hydrogen) atoms. The van der Waals surface area contributed by atoms with Gasteiger partial charge in [-0.25, -0.2) is 4.98 Å². The summed E-state index contributed by atoms with van der Waals surface area (Å²) in [6.07, 6.45) is 4.33. The number of benzene rings is 1. The highest BCUT2D eigenvalue weighted by Gasteiger charge is 2.34. The van der Waals surface area contributed by atoms with E-state index in [0.29, 0.717) is 6.54 Å². The molecule has 0 bridgehead atoms. The first-order valence-corrected chi connectivity index (χ1v) is 10.4. The molecule has 152 valence electrons. The third kappa shape index (κ3) is 3.56. The lowest BCUT2D eigenvalue weighted by Gasteiger charge is -2.31. The lowest BCUT2D eigenvalue weighted by atomic mass is 10.0. The molecule has 0 radical (unpaired) electrons. The van der Waals surface area contributed by atoms with Gasteiger partial charge in [0.25, 0.3) is 0 Å². The van der Waals surface area contributed by atoms with E-state index in [1.807, 2.05) is 17.0 Å². The molecule has 2 fully saturated rings. The number of hydrogen-bond acceptors (Lipinski definition) is 6. The van der Waals surface area contributed by atoms with E-state index in [1.165, 1.54) is 0 Å². The third-order valence-electron chi connectivity index (χ3n) is 6.21. The van der Waals surface area contributed by atoms with Crippen molar-refractivity contribution in [3.05, 3.63) is 42.1 Å². The number of ether oxygens (including phenoxy) is 1. The number of morpholine rings is 1. The maximum atomic E-state index is 13.5. The maximum absolute atomic E-state index is 13.5. The summed E-state index contributed by atoms with van der Waals surface area (Å²) in [6, 6.07) is 10.4. The predicted molar refractivity (Wildman–Crippen MR) is 114 cm³/mol. The van der Waals surface area contributed by atoms with Crippen LogP contribution in [0.1, 0.15) is 24.8 Å². The Morgan fingerprint density at radius 3 is 2.86 bits per heavy atom. The number of nitrogens with zero attached hydrogens (tertiary/aromatic N) is 3. The van der Waals surface area contributed by atoms with E-state index >= 15 is 0 Å². The van der Waals surface area contributed by atoms with Gasteiger partial charge in [0.15, 0.2) is 0 Å². The van der Waals surface area contributed by atoms with Crippen LogP contribution in [0.15, 0.2) is 36.5 Å². The maximum Gasteiger partial charge on any atom is 0.230 e. The number of carbonyl (C=O) groups excluding carboxylic acids is 1. The number of anilines is 4. The topological polar surface area (TPSA) is 83.7 Å². The average molecular weight is 393 g/mol. The predicted octanol–water partition coefficient (Wildman–Crippen LogP) is 2.64. The van der Waals surface area contributed by atoms with Crippen molar-refractivity contribution < 1.29 is 9.53 Å².